The number of hydrogen-bond donors (Lipinski definition) is 0. The van der Waals surface area contributed by atoms with E-state index in [-0.39, 0.29) is 6.54 Å². The van der Waals surface area contributed by atoms with Crippen molar-refractivity contribution in [2.45, 2.75) is 45.8 Å². The molecular weight excluding hydrogens is 269 g/mol. The molecule has 1 heterocycles. The number of pyridine rings is 1. The van der Waals surface area contributed by atoms with E-state index in [9.17, 15) is 18.0 Å². The van der Waals surface area contributed by atoms with Gasteiger partial charge in [0.05, 0.1) is 17.0 Å². The van der Waals surface area contributed by atoms with Gasteiger partial charge in [-0.3, -0.25) is 4.79 Å². The molecule has 0 N–H and O–H groups in total. The Balaban J connectivity index is 2.65. The number of unbranched alkanes of at least 4 members (excludes halogenated alkanes) is 1. The topological polar surface area (TPSA) is 45.8 Å². The summed E-state index contributed by atoms with van der Waals surface area (Å²) in [4.78, 5) is 11.5. The van der Waals surface area contributed by atoms with Crippen molar-refractivity contribution >= 4 is 0 Å². The Hall–Kier alpha value is -1.77. The lowest BCUT2D eigenvalue weighted by Crippen LogP contribution is -2.21. The lowest BCUT2D eigenvalue weighted by atomic mass is 9.89. The maximum atomic E-state index is 12.5. The fourth-order valence-corrected chi connectivity index (χ4v) is 1.78. The molecule has 6 heteroatoms. The number of halogens is 3. The molecule has 20 heavy (non-hydrogen) atoms. The summed E-state index contributed by atoms with van der Waals surface area (Å²) in [5.41, 5.74) is -1.72. The van der Waals surface area contributed by atoms with Gasteiger partial charge in [-0.2, -0.15) is 18.4 Å². The summed E-state index contributed by atoms with van der Waals surface area (Å²) < 4.78 is 38.7. The van der Waals surface area contributed by atoms with Gasteiger partial charge in [0, 0.05) is 18.8 Å². The van der Waals surface area contributed by atoms with E-state index in [1.54, 1.807) is 0 Å². The largest absolute Gasteiger partial charge is 0.417 e. The highest BCUT2D eigenvalue weighted by molar-refractivity contribution is 5.13. The maximum absolute atomic E-state index is 12.5. The molecule has 0 saturated carbocycles. The fourth-order valence-electron chi connectivity index (χ4n) is 1.78. The van der Waals surface area contributed by atoms with Crippen LogP contribution in [0.1, 0.15) is 38.7 Å². The summed E-state index contributed by atoms with van der Waals surface area (Å²) in [5.74, 6) is 0. The van der Waals surface area contributed by atoms with Crippen molar-refractivity contribution in [3.8, 4) is 6.07 Å². The number of aromatic nitrogens is 1. The van der Waals surface area contributed by atoms with Crippen molar-refractivity contribution in [2.75, 3.05) is 0 Å². The summed E-state index contributed by atoms with van der Waals surface area (Å²) in [6, 6.07) is 3.88. The Morgan fingerprint density at radius 3 is 2.45 bits per heavy atom. The first-order chi connectivity index (χ1) is 9.15. The lowest BCUT2D eigenvalue weighted by molar-refractivity contribution is -0.138. The highest BCUT2D eigenvalue weighted by Gasteiger charge is 2.30. The smallest absolute Gasteiger partial charge is 0.315 e. The van der Waals surface area contributed by atoms with Crippen LogP contribution in [-0.2, 0) is 12.7 Å². The zero-order chi connectivity index (χ0) is 15.4. The van der Waals surface area contributed by atoms with E-state index >= 15 is 0 Å². The van der Waals surface area contributed by atoms with Gasteiger partial charge in [-0.25, -0.2) is 0 Å². The average molecular weight is 286 g/mol. The molecule has 0 fully saturated rings. The first kappa shape index (κ1) is 16.3. The van der Waals surface area contributed by atoms with E-state index in [0.29, 0.717) is 19.3 Å². The Morgan fingerprint density at radius 2 is 1.90 bits per heavy atom. The number of hydrogen-bond acceptors (Lipinski definition) is 2. The Bertz CT molecular complexity index is 553. The highest BCUT2D eigenvalue weighted by atomic mass is 19.4. The van der Waals surface area contributed by atoms with Gasteiger partial charge >= 0.3 is 6.18 Å². The minimum Gasteiger partial charge on any atom is -0.315 e. The van der Waals surface area contributed by atoms with Crippen LogP contribution in [0.2, 0.25) is 0 Å². The third-order valence-electron chi connectivity index (χ3n) is 3.06. The normalized spacial score (nSPS) is 12.2. The minimum absolute atomic E-state index is 0.226. The second kappa shape index (κ2) is 6.12. The summed E-state index contributed by atoms with van der Waals surface area (Å²) in [6.45, 7) is 3.84. The predicted molar refractivity (Wildman–Crippen MR) is 68.9 cm³/mol. The Morgan fingerprint density at radius 1 is 1.25 bits per heavy atom. The second-order valence-electron chi connectivity index (χ2n) is 5.40. The molecule has 0 radical (unpaired) electrons. The van der Waals surface area contributed by atoms with Crippen molar-refractivity contribution in [3.05, 3.63) is 34.2 Å². The molecule has 0 aliphatic carbocycles. The van der Waals surface area contributed by atoms with Crippen LogP contribution in [-0.4, -0.2) is 4.57 Å². The Kier molecular flexibility index (Phi) is 4.98. The first-order valence-electron chi connectivity index (χ1n) is 6.35. The van der Waals surface area contributed by atoms with Gasteiger partial charge in [0.25, 0.3) is 5.56 Å². The van der Waals surface area contributed by atoms with Gasteiger partial charge < -0.3 is 4.57 Å². The van der Waals surface area contributed by atoms with Crippen LogP contribution < -0.4 is 5.56 Å². The number of aryl methyl sites for hydroxylation is 1. The maximum Gasteiger partial charge on any atom is 0.417 e. The molecule has 0 amide bonds. The van der Waals surface area contributed by atoms with Gasteiger partial charge in [0.15, 0.2) is 0 Å². The van der Waals surface area contributed by atoms with Crippen molar-refractivity contribution in [2.24, 2.45) is 5.41 Å². The SMILES string of the molecule is CC(C)(C#N)CCCCn1cc(C(F)(F)F)ccc1=O. The first-order valence-corrected chi connectivity index (χ1v) is 6.35. The second-order valence-corrected chi connectivity index (χ2v) is 5.40. The zero-order valence-electron chi connectivity index (χ0n) is 11.5. The van der Waals surface area contributed by atoms with Gasteiger partial charge in [-0.15, -0.1) is 0 Å². The summed E-state index contributed by atoms with van der Waals surface area (Å²) in [7, 11) is 0. The molecular formula is C14H17F3N2O. The quantitative estimate of drug-likeness (QED) is 0.776. The van der Waals surface area contributed by atoms with Crippen LogP contribution in [0.25, 0.3) is 0 Å². The molecule has 0 spiro atoms. The summed E-state index contributed by atoms with van der Waals surface area (Å²) >= 11 is 0. The molecule has 1 aromatic heterocycles. The molecule has 0 saturated heterocycles. The summed E-state index contributed by atoms with van der Waals surface area (Å²) in [6.07, 6.45) is -1.71. The third-order valence-corrected chi connectivity index (χ3v) is 3.06. The number of nitrogens with zero attached hydrogens (tertiary/aromatic N) is 2. The van der Waals surface area contributed by atoms with E-state index in [1.807, 2.05) is 13.8 Å². The van der Waals surface area contributed by atoms with Gasteiger partial charge in [-0.05, 0) is 32.8 Å². The van der Waals surface area contributed by atoms with Crippen LogP contribution >= 0.6 is 0 Å². The van der Waals surface area contributed by atoms with Gasteiger partial charge in [0.1, 0.15) is 0 Å². The van der Waals surface area contributed by atoms with E-state index < -0.39 is 22.7 Å². The van der Waals surface area contributed by atoms with Gasteiger partial charge in [0.2, 0.25) is 0 Å². The third kappa shape index (κ3) is 4.72. The van der Waals surface area contributed by atoms with Crippen LogP contribution in [0.3, 0.4) is 0 Å². The number of nitriles is 1. The monoisotopic (exact) mass is 286 g/mol. The molecule has 0 unspecified atom stereocenters. The van der Waals surface area contributed by atoms with E-state index in [1.165, 1.54) is 0 Å². The fraction of sp³-hybridized carbons (Fsp3) is 0.571. The van der Waals surface area contributed by atoms with Crippen LogP contribution in [0.5, 0.6) is 0 Å². The van der Waals surface area contributed by atoms with Crippen LogP contribution in [0.15, 0.2) is 23.1 Å². The van der Waals surface area contributed by atoms with Crippen molar-refractivity contribution in [1.29, 1.82) is 5.26 Å². The van der Waals surface area contributed by atoms with E-state index in [0.717, 1.165) is 22.9 Å². The molecule has 0 atom stereocenters. The van der Waals surface area contributed by atoms with Crippen molar-refractivity contribution < 1.29 is 13.2 Å². The lowest BCUT2D eigenvalue weighted by Gasteiger charge is -2.15. The van der Waals surface area contributed by atoms with E-state index in [4.69, 9.17) is 5.26 Å². The number of rotatable bonds is 5. The highest BCUT2D eigenvalue weighted by Crippen LogP contribution is 2.28. The van der Waals surface area contributed by atoms with Gasteiger partial charge in [-0.1, -0.05) is 6.42 Å². The van der Waals surface area contributed by atoms with E-state index in [2.05, 4.69) is 6.07 Å². The molecule has 0 aliphatic rings. The Labute approximate surface area is 115 Å². The molecule has 110 valence electrons. The standard InChI is InChI=1S/C14H17F3N2O/c1-13(2,10-18)7-3-4-8-19-9-11(14(15,16)17)5-6-12(19)20/h5-6,9H,3-4,7-8H2,1-2H3. The van der Waals surface area contributed by atoms with Crippen LogP contribution in [0.4, 0.5) is 13.2 Å². The average Bonchev–Trinajstić information content (AvgIpc) is 2.35. The summed E-state index contributed by atoms with van der Waals surface area (Å²) in [5, 5.41) is 8.85. The van der Waals surface area contributed by atoms with Crippen LogP contribution in [0, 0.1) is 16.7 Å². The van der Waals surface area contributed by atoms with Crippen molar-refractivity contribution in [1.82, 2.24) is 4.57 Å². The van der Waals surface area contributed by atoms with Crippen molar-refractivity contribution in [3.63, 3.8) is 0 Å². The molecule has 0 aliphatic heterocycles. The number of alkyl halides is 3. The molecule has 1 aromatic rings. The predicted octanol–water partition coefficient (Wildman–Crippen LogP) is 3.59. The minimum atomic E-state index is -4.45. The molecule has 0 aromatic carbocycles. The molecule has 1 rings (SSSR count). The molecule has 3 nitrogen and oxygen atoms in total. The zero-order valence-corrected chi connectivity index (χ0v) is 11.5. The molecule has 0 bridgehead atoms.